The van der Waals surface area contributed by atoms with Crippen LogP contribution < -0.4 is 4.90 Å². The predicted octanol–water partition coefficient (Wildman–Crippen LogP) is 2.96. The molecule has 1 saturated heterocycles. The Morgan fingerprint density at radius 1 is 0.938 bits per heavy atom. The van der Waals surface area contributed by atoms with Crippen LogP contribution in [0.5, 0.6) is 0 Å². The normalized spacial score (nSPS) is 15.3. The average Bonchev–Trinajstić information content (AvgIpc) is 3.50. The first kappa shape index (κ1) is 19.0. The molecule has 5 aromatic heterocycles. The highest BCUT2D eigenvalue weighted by Gasteiger charge is 2.20. The van der Waals surface area contributed by atoms with Gasteiger partial charge in [0.15, 0.2) is 5.65 Å². The van der Waals surface area contributed by atoms with Crippen molar-refractivity contribution < 1.29 is 0 Å². The monoisotopic (exact) mass is 427 g/mol. The molecule has 0 aliphatic carbocycles. The quantitative estimate of drug-likeness (QED) is 0.460. The third-order valence-corrected chi connectivity index (χ3v) is 6.53. The fourth-order valence-corrected chi connectivity index (χ4v) is 4.46. The number of anilines is 1. The lowest BCUT2D eigenvalue weighted by Crippen LogP contribution is -2.44. The minimum atomic E-state index is 0.693. The number of aromatic nitrogens is 7. The van der Waals surface area contributed by atoms with E-state index < -0.39 is 0 Å². The highest BCUT2D eigenvalue weighted by molar-refractivity contribution is 5.99. The first-order valence-corrected chi connectivity index (χ1v) is 10.8. The van der Waals surface area contributed by atoms with Gasteiger partial charge in [-0.05, 0) is 32.2 Å². The molecule has 0 unspecified atom stereocenters. The summed E-state index contributed by atoms with van der Waals surface area (Å²) in [5, 5.41) is 9.73. The molecule has 162 valence electrons. The van der Waals surface area contributed by atoms with Crippen LogP contribution in [0.25, 0.3) is 44.6 Å². The van der Waals surface area contributed by atoms with Gasteiger partial charge in [0.05, 0.1) is 28.8 Å². The molecule has 6 rings (SSSR count). The Labute approximate surface area is 185 Å². The summed E-state index contributed by atoms with van der Waals surface area (Å²) >= 11 is 0. The molecule has 2 N–H and O–H groups in total. The summed E-state index contributed by atoms with van der Waals surface area (Å²) in [6.07, 6.45) is 5.62. The zero-order valence-electron chi connectivity index (χ0n) is 18.4. The van der Waals surface area contributed by atoms with E-state index in [0.29, 0.717) is 5.65 Å². The van der Waals surface area contributed by atoms with Gasteiger partial charge >= 0.3 is 0 Å². The summed E-state index contributed by atoms with van der Waals surface area (Å²) in [7, 11) is 4.18. The van der Waals surface area contributed by atoms with Gasteiger partial charge in [-0.2, -0.15) is 5.10 Å². The Hall–Kier alpha value is -3.72. The molecule has 1 fully saturated rings. The number of H-pyrrole nitrogens is 2. The first-order chi connectivity index (χ1) is 15.6. The molecule has 0 saturated carbocycles. The van der Waals surface area contributed by atoms with E-state index in [1.165, 1.54) is 0 Å². The number of aromatic amines is 2. The van der Waals surface area contributed by atoms with Crippen molar-refractivity contribution in [2.45, 2.75) is 6.92 Å². The summed E-state index contributed by atoms with van der Waals surface area (Å²) in [6, 6.07) is 6.33. The molecule has 32 heavy (non-hydrogen) atoms. The van der Waals surface area contributed by atoms with E-state index in [2.05, 4.69) is 58.7 Å². The number of nitrogens with zero attached hydrogens (tertiary/aromatic N) is 7. The van der Waals surface area contributed by atoms with Crippen molar-refractivity contribution in [3.8, 4) is 22.6 Å². The number of pyridine rings is 2. The summed E-state index contributed by atoms with van der Waals surface area (Å²) < 4.78 is 2.07. The van der Waals surface area contributed by atoms with Crippen molar-refractivity contribution in [3.05, 3.63) is 42.6 Å². The highest BCUT2D eigenvalue weighted by Crippen LogP contribution is 2.33. The molecule has 1 aliphatic rings. The molecular formula is C23H25N9. The van der Waals surface area contributed by atoms with Crippen molar-refractivity contribution in [3.63, 3.8) is 0 Å². The number of nitrogens with one attached hydrogen (secondary N) is 2. The molecule has 0 radical (unpaired) electrons. The number of aryl methyl sites for hydroxylation is 1. The topological polar surface area (TPSA) is 94.6 Å². The van der Waals surface area contributed by atoms with Gasteiger partial charge < -0.3 is 19.4 Å². The van der Waals surface area contributed by atoms with Crippen LogP contribution in [0, 0.1) is 6.92 Å². The van der Waals surface area contributed by atoms with Crippen LogP contribution in [-0.2, 0) is 7.05 Å². The van der Waals surface area contributed by atoms with E-state index in [4.69, 9.17) is 4.98 Å². The Kier molecular flexibility index (Phi) is 4.25. The summed E-state index contributed by atoms with van der Waals surface area (Å²) in [6.45, 7) is 6.04. The Morgan fingerprint density at radius 3 is 2.56 bits per heavy atom. The van der Waals surface area contributed by atoms with Crippen molar-refractivity contribution >= 4 is 27.8 Å². The Balaban J connectivity index is 1.45. The molecule has 0 amide bonds. The molecule has 1 aliphatic heterocycles. The molecule has 9 heteroatoms. The van der Waals surface area contributed by atoms with Crippen LogP contribution in [0.3, 0.4) is 0 Å². The van der Waals surface area contributed by atoms with Crippen LogP contribution in [0.15, 0.2) is 36.8 Å². The lowest BCUT2D eigenvalue weighted by Gasteiger charge is -2.33. The molecular weight excluding hydrogens is 402 g/mol. The second-order valence-electron chi connectivity index (χ2n) is 8.51. The van der Waals surface area contributed by atoms with Gasteiger partial charge in [0.25, 0.3) is 0 Å². The van der Waals surface area contributed by atoms with E-state index in [0.717, 1.165) is 76.8 Å². The smallest absolute Gasteiger partial charge is 0.181 e. The molecule has 0 atom stereocenters. The number of rotatable bonds is 3. The predicted molar refractivity (Wildman–Crippen MR) is 126 cm³/mol. The van der Waals surface area contributed by atoms with Crippen molar-refractivity contribution in [1.29, 1.82) is 0 Å². The van der Waals surface area contributed by atoms with Gasteiger partial charge in [-0.25, -0.2) is 15.0 Å². The zero-order chi connectivity index (χ0) is 21.8. The maximum Gasteiger partial charge on any atom is 0.181 e. The van der Waals surface area contributed by atoms with E-state index >= 15 is 0 Å². The lowest BCUT2D eigenvalue weighted by molar-refractivity contribution is 0.312. The van der Waals surface area contributed by atoms with E-state index in [9.17, 15) is 0 Å². The molecule has 6 heterocycles. The van der Waals surface area contributed by atoms with Crippen molar-refractivity contribution in [2.24, 2.45) is 7.05 Å². The second-order valence-corrected chi connectivity index (χ2v) is 8.51. The number of imidazole rings is 1. The summed E-state index contributed by atoms with van der Waals surface area (Å²) in [4.78, 5) is 22.0. The molecule has 9 nitrogen and oxygen atoms in total. The lowest BCUT2D eigenvalue weighted by atomic mass is 10.1. The Morgan fingerprint density at radius 2 is 1.78 bits per heavy atom. The maximum atomic E-state index is 4.72. The molecule has 0 spiro atoms. The fourth-order valence-electron chi connectivity index (χ4n) is 4.46. The van der Waals surface area contributed by atoms with Gasteiger partial charge in [0.2, 0.25) is 0 Å². The number of fused-ring (bicyclic) bond motifs is 2. The third-order valence-electron chi connectivity index (χ3n) is 6.53. The number of piperazine rings is 1. The number of hydrogen-bond acceptors (Lipinski definition) is 6. The van der Waals surface area contributed by atoms with Crippen LogP contribution >= 0.6 is 0 Å². The molecule has 0 aromatic carbocycles. The average molecular weight is 428 g/mol. The number of hydrogen-bond donors (Lipinski definition) is 2. The number of likely N-dealkylation sites (N-methyl/N-ethyl adjacent to an activating group) is 1. The van der Waals surface area contributed by atoms with Crippen LogP contribution in [0.4, 0.5) is 5.82 Å². The standard InChI is InChI=1S/C23H25N9/c1-14-25-13-20(31(14)3)15-10-17-21(28-29-22(17)26-12-15)19-11-16-18(27-19)4-5-24-23(16)32-8-6-30(2)7-9-32/h4-5,10-13,27H,6-9H2,1-3H3,(H,26,28,29). The Bertz CT molecular complexity index is 1430. The zero-order valence-corrected chi connectivity index (χ0v) is 18.4. The summed E-state index contributed by atoms with van der Waals surface area (Å²) in [5.74, 6) is 2.00. The van der Waals surface area contributed by atoms with Gasteiger partial charge in [0, 0.05) is 62.0 Å². The largest absolute Gasteiger partial charge is 0.353 e. The van der Waals surface area contributed by atoms with Crippen LogP contribution in [-0.4, -0.2) is 72.8 Å². The van der Waals surface area contributed by atoms with Crippen molar-refractivity contribution in [2.75, 3.05) is 38.1 Å². The van der Waals surface area contributed by atoms with E-state index in [-0.39, 0.29) is 0 Å². The van der Waals surface area contributed by atoms with Gasteiger partial charge in [-0.15, -0.1) is 0 Å². The highest BCUT2D eigenvalue weighted by atomic mass is 15.3. The van der Waals surface area contributed by atoms with Crippen LogP contribution in [0.2, 0.25) is 0 Å². The first-order valence-electron chi connectivity index (χ1n) is 10.8. The molecule has 0 bridgehead atoms. The van der Waals surface area contributed by atoms with E-state index in [1.54, 1.807) is 0 Å². The minimum Gasteiger partial charge on any atom is -0.353 e. The van der Waals surface area contributed by atoms with Gasteiger partial charge in [-0.1, -0.05) is 0 Å². The van der Waals surface area contributed by atoms with Gasteiger partial charge in [-0.3, -0.25) is 5.10 Å². The minimum absolute atomic E-state index is 0.693. The van der Waals surface area contributed by atoms with E-state index in [1.807, 2.05) is 38.6 Å². The van der Waals surface area contributed by atoms with Gasteiger partial charge in [0.1, 0.15) is 11.6 Å². The second kappa shape index (κ2) is 7.16. The van der Waals surface area contributed by atoms with Crippen molar-refractivity contribution in [1.82, 2.24) is 39.6 Å². The van der Waals surface area contributed by atoms with Crippen LogP contribution in [0.1, 0.15) is 5.82 Å². The fraction of sp³-hybridized carbons (Fsp3) is 0.304. The molecule has 5 aromatic rings. The third kappa shape index (κ3) is 2.96. The SMILES string of the molecule is Cc1ncc(-c2cnc3n[nH]c(-c4cc5c(N6CCN(C)CC6)nccc5[nH]4)c3c2)n1C. The summed E-state index contributed by atoms with van der Waals surface area (Å²) in [5.41, 5.74) is 5.71. The maximum absolute atomic E-state index is 4.72.